The molecule has 0 aliphatic heterocycles. The van der Waals surface area contributed by atoms with Gasteiger partial charge in [-0.2, -0.15) is 4.72 Å². The first-order valence-corrected chi connectivity index (χ1v) is 7.82. The summed E-state index contributed by atoms with van der Waals surface area (Å²) in [4.78, 5) is 18.4. The van der Waals surface area contributed by atoms with Crippen LogP contribution in [0, 0.1) is 0 Å². The van der Waals surface area contributed by atoms with E-state index in [1.54, 1.807) is 20.8 Å². The van der Waals surface area contributed by atoms with E-state index in [0.29, 0.717) is 12.2 Å². The molecule has 0 radical (unpaired) electrons. The molecule has 0 amide bonds. The molecular weight excluding hydrogens is 282 g/mol. The van der Waals surface area contributed by atoms with Crippen molar-refractivity contribution in [2.75, 3.05) is 0 Å². The number of imidazole rings is 1. The lowest BCUT2D eigenvalue weighted by Gasteiger charge is -2.22. The van der Waals surface area contributed by atoms with Gasteiger partial charge in [0.2, 0.25) is 0 Å². The number of hydrogen-bond acceptors (Lipinski definition) is 5. The van der Waals surface area contributed by atoms with Crippen LogP contribution in [0.1, 0.15) is 40.4 Å². The van der Waals surface area contributed by atoms with Gasteiger partial charge in [-0.05, 0) is 27.7 Å². The molecule has 1 heterocycles. The number of aromatic nitrogens is 2. The summed E-state index contributed by atoms with van der Waals surface area (Å²) in [6.45, 7) is 8.44. The average Bonchev–Trinajstić information content (AvgIpc) is 2.75. The van der Waals surface area contributed by atoms with Crippen molar-refractivity contribution in [3.63, 3.8) is 0 Å². The number of aromatic amines is 1. The standard InChI is InChI=1S/C12H21N3O4S/c1-6-9-13-7-10(14-9)20(17,18)15-8(2)11(16)19-12(3,4)5/h7-8,15H,6H2,1-5H3,(H,13,14)/t8-/m1/s1. The Balaban J connectivity index is 2.78. The lowest BCUT2D eigenvalue weighted by atomic mass is 10.2. The van der Waals surface area contributed by atoms with Crippen LogP contribution in [0.3, 0.4) is 0 Å². The van der Waals surface area contributed by atoms with Crippen molar-refractivity contribution >= 4 is 16.0 Å². The zero-order chi connectivity index (χ0) is 15.6. The Morgan fingerprint density at radius 1 is 1.50 bits per heavy atom. The number of esters is 1. The van der Waals surface area contributed by atoms with Crippen LogP contribution in [0.25, 0.3) is 0 Å². The molecule has 0 spiro atoms. The molecule has 0 saturated heterocycles. The Bertz CT molecular complexity index is 572. The maximum Gasteiger partial charge on any atom is 0.324 e. The Morgan fingerprint density at radius 2 is 2.10 bits per heavy atom. The van der Waals surface area contributed by atoms with Gasteiger partial charge in [-0.3, -0.25) is 4.79 Å². The molecule has 1 rings (SSSR count). The second kappa shape index (κ2) is 5.92. The van der Waals surface area contributed by atoms with Gasteiger partial charge in [0, 0.05) is 6.42 Å². The van der Waals surface area contributed by atoms with Gasteiger partial charge in [-0.25, -0.2) is 13.4 Å². The van der Waals surface area contributed by atoms with Gasteiger partial charge in [0.15, 0.2) is 5.03 Å². The van der Waals surface area contributed by atoms with E-state index in [-0.39, 0.29) is 5.03 Å². The first-order valence-electron chi connectivity index (χ1n) is 6.34. The molecule has 0 aliphatic carbocycles. The van der Waals surface area contributed by atoms with Gasteiger partial charge in [-0.15, -0.1) is 0 Å². The lowest BCUT2D eigenvalue weighted by molar-refractivity contribution is -0.156. The minimum atomic E-state index is -3.82. The lowest BCUT2D eigenvalue weighted by Crippen LogP contribution is -2.42. The number of nitrogens with one attached hydrogen (secondary N) is 2. The van der Waals surface area contributed by atoms with Crippen LogP contribution in [0.15, 0.2) is 11.2 Å². The van der Waals surface area contributed by atoms with E-state index in [1.165, 1.54) is 13.1 Å². The second-order valence-electron chi connectivity index (χ2n) is 5.42. The third kappa shape index (κ3) is 4.61. The Morgan fingerprint density at radius 3 is 2.55 bits per heavy atom. The summed E-state index contributed by atoms with van der Waals surface area (Å²) < 4.78 is 31.5. The van der Waals surface area contributed by atoms with Gasteiger partial charge in [0.05, 0.1) is 6.20 Å². The molecule has 1 atom stereocenters. The van der Waals surface area contributed by atoms with Gasteiger partial charge in [0.1, 0.15) is 17.5 Å². The van der Waals surface area contributed by atoms with Crippen LogP contribution in [-0.2, 0) is 26.0 Å². The molecule has 8 heteroatoms. The van der Waals surface area contributed by atoms with Crippen molar-refractivity contribution in [3.8, 4) is 0 Å². The summed E-state index contributed by atoms with van der Waals surface area (Å²) in [6, 6.07) is -0.979. The number of carbonyl (C=O) groups excluding carboxylic acids is 1. The fraction of sp³-hybridized carbons (Fsp3) is 0.667. The average molecular weight is 303 g/mol. The maximum atomic E-state index is 12.1. The zero-order valence-corrected chi connectivity index (χ0v) is 13.2. The van der Waals surface area contributed by atoms with Crippen molar-refractivity contribution in [1.29, 1.82) is 0 Å². The van der Waals surface area contributed by atoms with Crippen molar-refractivity contribution < 1.29 is 17.9 Å². The van der Waals surface area contributed by atoms with Crippen molar-refractivity contribution in [1.82, 2.24) is 14.7 Å². The molecule has 7 nitrogen and oxygen atoms in total. The zero-order valence-electron chi connectivity index (χ0n) is 12.4. The number of hydrogen-bond donors (Lipinski definition) is 2. The predicted octanol–water partition coefficient (Wildman–Crippen LogP) is 0.981. The molecule has 0 bridgehead atoms. The molecule has 0 unspecified atom stereocenters. The monoisotopic (exact) mass is 303 g/mol. The number of carbonyl (C=O) groups is 1. The van der Waals surface area contributed by atoms with E-state index < -0.39 is 27.6 Å². The van der Waals surface area contributed by atoms with Gasteiger partial charge < -0.3 is 9.72 Å². The van der Waals surface area contributed by atoms with Crippen molar-refractivity contribution in [2.24, 2.45) is 0 Å². The van der Waals surface area contributed by atoms with Gasteiger partial charge >= 0.3 is 5.97 Å². The van der Waals surface area contributed by atoms with Crippen LogP contribution in [0.5, 0.6) is 0 Å². The van der Waals surface area contributed by atoms with Crippen LogP contribution in [0.2, 0.25) is 0 Å². The quantitative estimate of drug-likeness (QED) is 0.790. The molecule has 20 heavy (non-hydrogen) atoms. The fourth-order valence-electron chi connectivity index (χ4n) is 1.39. The molecule has 0 aliphatic rings. The highest BCUT2D eigenvalue weighted by molar-refractivity contribution is 7.89. The van der Waals surface area contributed by atoms with E-state index in [1.807, 2.05) is 6.92 Å². The Hall–Kier alpha value is -1.41. The summed E-state index contributed by atoms with van der Waals surface area (Å²) in [7, 11) is -3.82. The summed E-state index contributed by atoms with van der Waals surface area (Å²) in [5.74, 6) is -0.0633. The van der Waals surface area contributed by atoms with Crippen molar-refractivity contribution in [2.45, 2.75) is 57.7 Å². The normalized spacial score (nSPS) is 14.1. The van der Waals surface area contributed by atoms with Gasteiger partial charge in [0.25, 0.3) is 10.0 Å². The fourth-order valence-corrected chi connectivity index (χ4v) is 2.53. The van der Waals surface area contributed by atoms with Crippen LogP contribution in [-0.4, -0.2) is 36.0 Å². The molecule has 0 saturated carbocycles. The molecule has 0 aromatic carbocycles. The minimum Gasteiger partial charge on any atom is -0.459 e. The third-order valence-electron chi connectivity index (χ3n) is 2.32. The number of rotatable bonds is 5. The molecule has 114 valence electrons. The topological polar surface area (TPSA) is 101 Å². The smallest absolute Gasteiger partial charge is 0.324 e. The summed E-state index contributed by atoms with van der Waals surface area (Å²) in [5.41, 5.74) is -0.667. The molecule has 2 N–H and O–H groups in total. The number of ether oxygens (including phenoxy) is 1. The number of aryl methyl sites for hydroxylation is 1. The Labute approximate surface area is 119 Å². The maximum absolute atomic E-state index is 12.1. The number of sulfonamides is 1. The summed E-state index contributed by atoms with van der Waals surface area (Å²) >= 11 is 0. The van der Waals surface area contributed by atoms with E-state index in [0.717, 1.165) is 0 Å². The highest BCUT2D eigenvalue weighted by atomic mass is 32.2. The summed E-state index contributed by atoms with van der Waals surface area (Å²) in [5, 5.41) is -0.0650. The third-order valence-corrected chi connectivity index (χ3v) is 3.77. The van der Waals surface area contributed by atoms with Gasteiger partial charge in [-0.1, -0.05) is 6.92 Å². The number of H-pyrrole nitrogens is 1. The molecular formula is C12H21N3O4S. The highest BCUT2D eigenvalue weighted by Gasteiger charge is 2.27. The molecule has 0 fully saturated rings. The van der Waals surface area contributed by atoms with E-state index in [9.17, 15) is 13.2 Å². The minimum absolute atomic E-state index is 0.0650. The van der Waals surface area contributed by atoms with Crippen LogP contribution in [0.4, 0.5) is 0 Å². The van der Waals surface area contributed by atoms with E-state index in [2.05, 4.69) is 14.7 Å². The molecule has 1 aromatic heterocycles. The highest BCUT2D eigenvalue weighted by Crippen LogP contribution is 2.11. The number of nitrogens with zero attached hydrogens (tertiary/aromatic N) is 1. The Kier molecular flexibility index (Phi) is 4.93. The predicted molar refractivity (Wildman–Crippen MR) is 73.6 cm³/mol. The summed E-state index contributed by atoms with van der Waals surface area (Å²) in [6.07, 6.45) is 1.82. The molecule has 1 aromatic rings. The van der Waals surface area contributed by atoms with Crippen molar-refractivity contribution in [3.05, 3.63) is 12.0 Å². The van der Waals surface area contributed by atoms with E-state index >= 15 is 0 Å². The first kappa shape index (κ1) is 16.6. The van der Waals surface area contributed by atoms with E-state index in [4.69, 9.17) is 4.74 Å². The van der Waals surface area contributed by atoms with Crippen LogP contribution < -0.4 is 4.72 Å². The SMILES string of the molecule is CCc1ncc(S(=O)(=O)N[C@H](C)C(=O)OC(C)(C)C)[nH]1. The largest absolute Gasteiger partial charge is 0.459 e. The second-order valence-corrected chi connectivity index (χ2v) is 7.11. The first-order chi connectivity index (χ1) is 9.05. The van der Waals surface area contributed by atoms with Crippen LogP contribution >= 0.6 is 0 Å².